The van der Waals surface area contributed by atoms with Crippen LogP contribution in [0.3, 0.4) is 0 Å². The number of hydrogen-bond donors (Lipinski definition) is 1. The molecule has 3 aromatic rings. The molecule has 104 valence electrons. The molecule has 0 amide bonds. The number of halogens is 2. The maximum absolute atomic E-state index is 5.99. The summed E-state index contributed by atoms with van der Waals surface area (Å²) in [6, 6.07) is 7.61. The smallest absolute Gasteiger partial charge is 0.142 e. The number of aryl methyl sites for hydroxylation is 2. The second-order valence-corrected chi connectivity index (χ2v) is 5.96. The predicted molar refractivity (Wildman–Crippen MR) is 88.9 cm³/mol. The van der Waals surface area contributed by atoms with Gasteiger partial charge in [0.15, 0.2) is 0 Å². The Kier molecular flexibility index (Phi) is 4.48. The van der Waals surface area contributed by atoms with Crippen LogP contribution in [-0.4, -0.2) is 9.97 Å². The van der Waals surface area contributed by atoms with Crippen LogP contribution in [0.15, 0.2) is 30.6 Å². The monoisotopic (exact) mass is 325 g/mol. The van der Waals surface area contributed by atoms with Gasteiger partial charge < -0.3 is 5.32 Å². The van der Waals surface area contributed by atoms with Crippen molar-refractivity contribution in [1.82, 2.24) is 9.97 Å². The summed E-state index contributed by atoms with van der Waals surface area (Å²) in [5, 5.41) is 5.10. The van der Waals surface area contributed by atoms with Crippen LogP contribution < -0.4 is 5.32 Å². The van der Waals surface area contributed by atoms with Gasteiger partial charge in [0, 0.05) is 15.6 Å². The third kappa shape index (κ3) is 2.73. The second kappa shape index (κ2) is 5.95. The molecule has 0 spiro atoms. The minimum Gasteiger partial charge on any atom is -0.340 e. The van der Waals surface area contributed by atoms with Crippen LogP contribution in [0.4, 0.5) is 11.5 Å². The standard InChI is InChI=1S/C14H12ClN3S.ClH/c1-8-9(2)19-14-12(8)13(16-7-17-14)18-11-5-3-4-10(15)6-11;/h3-7H,1-2H3,(H,16,17,18);1H. The van der Waals surface area contributed by atoms with E-state index < -0.39 is 0 Å². The van der Waals surface area contributed by atoms with E-state index in [1.807, 2.05) is 24.3 Å². The van der Waals surface area contributed by atoms with Gasteiger partial charge in [0.1, 0.15) is 17.0 Å². The Bertz CT molecular complexity index is 755. The van der Waals surface area contributed by atoms with Crippen molar-refractivity contribution >= 4 is 57.1 Å². The SMILES string of the molecule is Cc1sc2ncnc(Nc3cccc(Cl)c3)c2c1C.Cl. The zero-order valence-electron chi connectivity index (χ0n) is 11.0. The molecule has 20 heavy (non-hydrogen) atoms. The normalized spacial score (nSPS) is 10.3. The third-order valence-electron chi connectivity index (χ3n) is 3.05. The Morgan fingerprint density at radius 1 is 1.20 bits per heavy atom. The lowest BCUT2D eigenvalue weighted by Gasteiger charge is -2.07. The lowest BCUT2D eigenvalue weighted by Crippen LogP contribution is -1.95. The van der Waals surface area contributed by atoms with E-state index in [1.54, 1.807) is 17.7 Å². The molecule has 0 bridgehead atoms. The molecule has 6 heteroatoms. The Hall–Kier alpha value is -1.36. The first-order valence-electron chi connectivity index (χ1n) is 5.88. The minimum atomic E-state index is 0. The molecule has 2 heterocycles. The number of anilines is 2. The molecule has 0 saturated heterocycles. The van der Waals surface area contributed by atoms with Crippen molar-refractivity contribution in [3.05, 3.63) is 46.1 Å². The first-order chi connectivity index (χ1) is 9.15. The molecule has 0 saturated carbocycles. The van der Waals surface area contributed by atoms with Crippen molar-refractivity contribution in [3.8, 4) is 0 Å². The average molecular weight is 326 g/mol. The van der Waals surface area contributed by atoms with E-state index in [-0.39, 0.29) is 12.4 Å². The van der Waals surface area contributed by atoms with E-state index in [4.69, 9.17) is 11.6 Å². The first kappa shape index (κ1) is 15.0. The number of thiophene rings is 1. The van der Waals surface area contributed by atoms with Crippen LogP contribution in [-0.2, 0) is 0 Å². The molecule has 3 rings (SSSR count). The zero-order chi connectivity index (χ0) is 13.4. The molecule has 3 nitrogen and oxygen atoms in total. The highest BCUT2D eigenvalue weighted by molar-refractivity contribution is 7.18. The van der Waals surface area contributed by atoms with Gasteiger partial charge in [0.05, 0.1) is 5.39 Å². The molecule has 0 unspecified atom stereocenters. The highest BCUT2D eigenvalue weighted by atomic mass is 35.5. The van der Waals surface area contributed by atoms with Gasteiger partial charge >= 0.3 is 0 Å². The number of nitrogens with one attached hydrogen (secondary N) is 1. The van der Waals surface area contributed by atoms with E-state index >= 15 is 0 Å². The third-order valence-corrected chi connectivity index (χ3v) is 4.40. The van der Waals surface area contributed by atoms with Crippen LogP contribution in [0.1, 0.15) is 10.4 Å². The first-order valence-corrected chi connectivity index (χ1v) is 7.08. The van der Waals surface area contributed by atoms with Crippen LogP contribution in [0, 0.1) is 13.8 Å². The minimum absolute atomic E-state index is 0. The molecule has 2 aromatic heterocycles. The Morgan fingerprint density at radius 3 is 2.75 bits per heavy atom. The van der Waals surface area contributed by atoms with Crippen LogP contribution in [0.25, 0.3) is 10.2 Å². The molecular formula is C14H13Cl2N3S. The molecule has 1 aromatic carbocycles. The summed E-state index contributed by atoms with van der Waals surface area (Å²) in [4.78, 5) is 10.9. The van der Waals surface area contributed by atoms with Gasteiger partial charge in [-0.25, -0.2) is 9.97 Å². The lowest BCUT2D eigenvalue weighted by molar-refractivity contribution is 1.22. The number of hydrogen-bond acceptors (Lipinski definition) is 4. The number of aromatic nitrogens is 2. The number of nitrogens with zero attached hydrogens (tertiary/aromatic N) is 2. The van der Waals surface area contributed by atoms with Crippen molar-refractivity contribution in [2.75, 3.05) is 5.32 Å². The molecule has 0 radical (unpaired) electrons. The van der Waals surface area contributed by atoms with Crippen molar-refractivity contribution in [2.45, 2.75) is 13.8 Å². The quantitative estimate of drug-likeness (QED) is 0.710. The number of rotatable bonds is 2. The maximum Gasteiger partial charge on any atom is 0.142 e. The molecule has 0 aliphatic heterocycles. The Morgan fingerprint density at radius 2 is 2.00 bits per heavy atom. The van der Waals surface area contributed by atoms with Gasteiger partial charge in [-0.3, -0.25) is 0 Å². The van der Waals surface area contributed by atoms with Crippen LogP contribution >= 0.6 is 35.3 Å². The molecule has 0 fully saturated rings. The maximum atomic E-state index is 5.99. The van der Waals surface area contributed by atoms with Gasteiger partial charge in [-0.15, -0.1) is 23.7 Å². The van der Waals surface area contributed by atoms with Gasteiger partial charge in [0.2, 0.25) is 0 Å². The highest BCUT2D eigenvalue weighted by Crippen LogP contribution is 2.33. The zero-order valence-corrected chi connectivity index (χ0v) is 13.4. The van der Waals surface area contributed by atoms with Gasteiger partial charge in [-0.1, -0.05) is 17.7 Å². The summed E-state index contributed by atoms with van der Waals surface area (Å²) >= 11 is 7.68. The van der Waals surface area contributed by atoms with Gasteiger partial charge in [0.25, 0.3) is 0 Å². The van der Waals surface area contributed by atoms with Crippen LogP contribution in [0.2, 0.25) is 5.02 Å². The molecule has 0 aliphatic rings. The molecule has 1 N–H and O–H groups in total. The summed E-state index contributed by atoms with van der Waals surface area (Å²) in [6.07, 6.45) is 1.59. The number of fused-ring (bicyclic) bond motifs is 1. The van der Waals surface area contributed by atoms with E-state index in [0.29, 0.717) is 5.02 Å². The van der Waals surface area contributed by atoms with Crippen molar-refractivity contribution in [1.29, 1.82) is 0 Å². The Balaban J connectivity index is 0.00000147. The lowest BCUT2D eigenvalue weighted by atomic mass is 10.2. The summed E-state index contributed by atoms with van der Waals surface area (Å²) < 4.78 is 0. The topological polar surface area (TPSA) is 37.8 Å². The Labute approximate surface area is 132 Å². The summed E-state index contributed by atoms with van der Waals surface area (Å²) in [7, 11) is 0. The van der Waals surface area contributed by atoms with Gasteiger partial charge in [-0.2, -0.15) is 0 Å². The molecule has 0 atom stereocenters. The molecular weight excluding hydrogens is 313 g/mol. The van der Waals surface area contributed by atoms with E-state index in [1.165, 1.54) is 10.4 Å². The highest BCUT2D eigenvalue weighted by Gasteiger charge is 2.11. The van der Waals surface area contributed by atoms with E-state index in [2.05, 4.69) is 29.1 Å². The summed E-state index contributed by atoms with van der Waals surface area (Å²) in [6.45, 7) is 4.20. The fourth-order valence-electron chi connectivity index (χ4n) is 1.98. The van der Waals surface area contributed by atoms with Gasteiger partial charge in [-0.05, 0) is 37.6 Å². The second-order valence-electron chi connectivity index (χ2n) is 4.32. The van der Waals surface area contributed by atoms with Crippen LogP contribution in [0.5, 0.6) is 0 Å². The molecule has 0 aliphatic carbocycles. The largest absolute Gasteiger partial charge is 0.340 e. The fourth-order valence-corrected chi connectivity index (χ4v) is 3.17. The van der Waals surface area contributed by atoms with Crippen molar-refractivity contribution in [2.24, 2.45) is 0 Å². The summed E-state index contributed by atoms with van der Waals surface area (Å²) in [5.41, 5.74) is 2.15. The predicted octanol–water partition coefficient (Wildman–Crippen LogP) is 5.13. The van der Waals surface area contributed by atoms with E-state index in [0.717, 1.165) is 21.7 Å². The van der Waals surface area contributed by atoms with Crippen molar-refractivity contribution in [3.63, 3.8) is 0 Å². The fraction of sp³-hybridized carbons (Fsp3) is 0.143. The van der Waals surface area contributed by atoms with Crippen molar-refractivity contribution < 1.29 is 0 Å². The number of benzene rings is 1. The average Bonchev–Trinajstić information content (AvgIpc) is 2.66. The van der Waals surface area contributed by atoms with E-state index in [9.17, 15) is 0 Å². The summed E-state index contributed by atoms with van der Waals surface area (Å²) in [5.74, 6) is 0.828.